The minimum absolute atomic E-state index is 0.0482. The molecule has 8 heteroatoms. The van der Waals surface area contributed by atoms with Crippen LogP contribution in [-0.2, 0) is 14.9 Å². The number of amidine groups is 1. The molecule has 2 rings (SSSR count). The first-order valence-corrected chi connectivity index (χ1v) is 12.0. The first-order valence-electron chi connectivity index (χ1n) is 10.1. The van der Waals surface area contributed by atoms with Crippen LogP contribution < -0.4 is 10.5 Å². The molecule has 0 aliphatic carbocycles. The molecule has 166 valence electrons. The second-order valence-electron chi connectivity index (χ2n) is 7.22. The summed E-state index contributed by atoms with van der Waals surface area (Å²) in [5, 5.41) is 9.42. The molecule has 0 aliphatic rings. The zero-order valence-electron chi connectivity index (χ0n) is 17.7. The number of hydrogen-bond donors (Lipinski definition) is 3. The van der Waals surface area contributed by atoms with Crippen molar-refractivity contribution in [2.75, 3.05) is 6.26 Å². The fourth-order valence-electron chi connectivity index (χ4n) is 2.86. The maximum absolute atomic E-state index is 12.0. The van der Waals surface area contributed by atoms with Gasteiger partial charge in [-0.25, -0.2) is 0 Å². The molecular weight excluding hydrogens is 404 g/mol. The number of nitrogens with one attached hydrogen (secondary N) is 1. The van der Waals surface area contributed by atoms with Crippen LogP contribution in [0.2, 0.25) is 0 Å². The third-order valence-electron chi connectivity index (χ3n) is 4.34. The van der Waals surface area contributed by atoms with E-state index < -0.39 is 10.1 Å². The average molecular weight is 437 g/mol. The minimum Gasteiger partial charge on any atom is -0.427 e. The van der Waals surface area contributed by atoms with Gasteiger partial charge in [0.05, 0.1) is 6.26 Å². The van der Waals surface area contributed by atoms with Gasteiger partial charge in [-0.1, -0.05) is 63.6 Å². The Bertz CT molecular complexity index is 934. The van der Waals surface area contributed by atoms with Crippen molar-refractivity contribution in [2.24, 2.45) is 5.73 Å². The van der Waals surface area contributed by atoms with Crippen LogP contribution in [0.3, 0.4) is 0 Å². The largest absolute Gasteiger partial charge is 0.427 e. The Morgan fingerprint density at radius 2 is 1.53 bits per heavy atom. The number of nitrogens with two attached hydrogens (primary N) is 1. The highest BCUT2D eigenvalue weighted by Gasteiger charge is 2.06. The van der Waals surface area contributed by atoms with E-state index in [0.717, 1.165) is 23.6 Å². The lowest BCUT2D eigenvalue weighted by Crippen LogP contribution is -2.10. The quantitative estimate of drug-likeness (QED) is 0.124. The Labute approximate surface area is 178 Å². The van der Waals surface area contributed by atoms with Gasteiger partial charge in [0.25, 0.3) is 10.1 Å². The lowest BCUT2D eigenvalue weighted by molar-refractivity contribution is -0.134. The SMILES string of the molecule is CCCCCCCCCC(=O)Oc1ccc2cc(C(=N)N)ccc2c1.CS(=O)(=O)O. The van der Waals surface area contributed by atoms with Crippen molar-refractivity contribution in [3.8, 4) is 5.75 Å². The molecule has 0 radical (unpaired) electrons. The van der Waals surface area contributed by atoms with Gasteiger partial charge < -0.3 is 10.5 Å². The number of rotatable bonds is 10. The zero-order valence-corrected chi connectivity index (χ0v) is 18.5. The first-order chi connectivity index (χ1) is 14.1. The molecule has 0 atom stereocenters. The highest BCUT2D eigenvalue weighted by molar-refractivity contribution is 7.85. The average Bonchev–Trinajstić information content (AvgIpc) is 2.65. The Morgan fingerprint density at radius 3 is 2.13 bits per heavy atom. The van der Waals surface area contributed by atoms with Gasteiger partial charge in [0.2, 0.25) is 0 Å². The van der Waals surface area contributed by atoms with Crippen LogP contribution in [0.4, 0.5) is 0 Å². The number of nitrogen functional groups attached to an aromatic ring is 1. The molecule has 0 fully saturated rings. The lowest BCUT2D eigenvalue weighted by atomic mass is 10.1. The van der Waals surface area contributed by atoms with Crippen molar-refractivity contribution in [1.82, 2.24) is 0 Å². The fraction of sp³-hybridized carbons (Fsp3) is 0.455. The van der Waals surface area contributed by atoms with E-state index in [0.29, 0.717) is 24.0 Å². The van der Waals surface area contributed by atoms with E-state index in [-0.39, 0.29) is 11.8 Å². The molecule has 7 nitrogen and oxygen atoms in total. The number of hydrogen-bond acceptors (Lipinski definition) is 5. The summed E-state index contributed by atoms with van der Waals surface area (Å²) >= 11 is 0. The third kappa shape index (κ3) is 11.5. The predicted octanol–water partition coefficient (Wildman–Crippen LogP) is 4.67. The number of esters is 1. The number of carbonyl (C=O) groups is 1. The Kier molecular flexibility index (Phi) is 11.1. The summed E-state index contributed by atoms with van der Waals surface area (Å²) in [6, 6.07) is 11.1. The van der Waals surface area contributed by atoms with Gasteiger partial charge in [-0.2, -0.15) is 8.42 Å². The topological polar surface area (TPSA) is 131 Å². The smallest absolute Gasteiger partial charge is 0.311 e. The van der Waals surface area contributed by atoms with Gasteiger partial charge in [0.15, 0.2) is 0 Å². The normalized spacial score (nSPS) is 10.9. The molecule has 4 N–H and O–H groups in total. The van der Waals surface area contributed by atoms with Crippen LogP contribution in [-0.4, -0.2) is 31.0 Å². The highest BCUT2D eigenvalue weighted by atomic mass is 32.2. The van der Waals surface area contributed by atoms with Crippen molar-refractivity contribution in [1.29, 1.82) is 5.41 Å². The standard InChI is InChI=1S/C21H28N2O2.CH4O3S/c1-2-3-4-5-6-7-8-9-20(24)25-19-13-12-16-14-18(21(22)23)11-10-17(16)15-19;1-5(2,3)4/h10-15H,2-9H2,1H3,(H3,22,23);1H3,(H,2,3,4). The number of ether oxygens (including phenoxy) is 1. The van der Waals surface area contributed by atoms with Crippen molar-refractivity contribution >= 4 is 32.7 Å². The molecule has 0 saturated carbocycles. The molecule has 0 bridgehead atoms. The molecule has 2 aromatic carbocycles. The summed E-state index contributed by atoms with van der Waals surface area (Å²) in [6.07, 6.45) is 9.47. The Morgan fingerprint density at radius 1 is 1.00 bits per heavy atom. The Hall–Kier alpha value is -2.45. The maximum Gasteiger partial charge on any atom is 0.311 e. The van der Waals surface area contributed by atoms with E-state index in [9.17, 15) is 13.2 Å². The second kappa shape index (κ2) is 13.0. The van der Waals surface area contributed by atoms with Crippen LogP contribution in [0, 0.1) is 5.41 Å². The second-order valence-corrected chi connectivity index (χ2v) is 8.68. The molecule has 0 aromatic heterocycles. The summed E-state index contributed by atoms with van der Waals surface area (Å²) in [6.45, 7) is 2.21. The molecule has 2 aromatic rings. The van der Waals surface area contributed by atoms with E-state index in [1.165, 1.54) is 32.1 Å². The van der Waals surface area contributed by atoms with Gasteiger partial charge in [0, 0.05) is 12.0 Å². The van der Waals surface area contributed by atoms with Crippen molar-refractivity contribution < 1.29 is 22.5 Å². The summed E-state index contributed by atoms with van der Waals surface area (Å²) < 4.78 is 31.3. The van der Waals surface area contributed by atoms with E-state index in [1.807, 2.05) is 24.3 Å². The van der Waals surface area contributed by atoms with E-state index in [1.54, 1.807) is 12.1 Å². The van der Waals surface area contributed by atoms with E-state index in [2.05, 4.69) is 6.92 Å². The van der Waals surface area contributed by atoms with Crippen molar-refractivity contribution in [2.45, 2.75) is 58.3 Å². The van der Waals surface area contributed by atoms with Crippen LogP contribution in [0.1, 0.15) is 63.9 Å². The summed E-state index contributed by atoms with van der Waals surface area (Å²) in [4.78, 5) is 12.0. The van der Waals surface area contributed by atoms with Crippen LogP contribution in [0.5, 0.6) is 5.75 Å². The molecule has 0 amide bonds. The van der Waals surface area contributed by atoms with Crippen LogP contribution in [0.15, 0.2) is 36.4 Å². The van der Waals surface area contributed by atoms with Gasteiger partial charge in [-0.15, -0.1) is 0 Å². The molecular formula is C22H32N2O5S. The minimum atomic E-state index is -3.67. The maximum atomic E-state index is 12.0. The molecule has 0 saturated heterocycles. The van der Waals surface area contributed by atoms with Crippen LogP contribution in [0.25, 0.3) is 10.8 Å². The monoisotopic (exact) mass is 436 g/mol. The summed E-state index contributed by atoms with van der Waals surface area (Å²) in [5.41, 5.74) is 6.20. The number of benzene rings is 2. The van der Waals surface area contributed by atoms with Gasteiger partial charge in [-0.3, -0.25) is 14.8 Å². The predicted molar refractivity (Wildman–Crippen MR) is 121 cm³/mol. The molecule has 0 unspecified atom stereocenters. The Balaban J connectivity index is 0.000000804. The summed E-state index contributed by atoms with van der Waals surface area (Å²) in [7, 11) is -3.67. The lowest BCUT2D eigenvalue weighted by Gasteiger charge is -2.07. The van der Waals surface area contributed by atoms with Crippen molar-refractivity contribution in [3.63, 3.8) is 0 Å². The number of fused-ring (bicyclic) bond motifs is 1. The van der Waals surface area contributed by atoms with Gasteiger partial charge in [-0.05, 0) is 35.4 Å². The van der Waals surface area contributed by atoms with E-state index >= 15 is 0 Å². The van der Waals surface area contributed by atoms with Crippen molar-refractivity contribution in [3.05, 3.63) is 42.0 Å². The van der Waals surface area contributed by atoms with Gasteiger partial charge >= 0.3 is 5.97 Å². The van der Waals surface area contributed by atoms with Crippen LogP contribution >= 0.6 is 0 Å². The van der Waals surface area contributed by atoms with Gasteiger partial charge in [0.1, 0.15) is 11.6 Å². The number of unbranched alkanes of at least 4 members (excludes halogenated alkanes) is 6. The molecule has 0 spiro atoms. The fourth-order valence-corrected chi connectivity index (χ4v) is 2.86. The molecule has 30 heavy (non-hydrogen) atoms. The third-order valence-corrected chi connectivity index (χ3v) is 4.34. The number of carbonyl (C=O) groups excluding carboxylic acids is 1. The summed E-state index contributed by atoms with van der Waals surface area (Å²) in [5.74, 6) is 0.441. The highest BCUT2D eigenvalue weighted by Crippen LogP contribution is 2.22. The zero-order chi connectivity index (χ0) is 22.6. The molecule has 0 heterocycles. The van der Waals surface area contributed by atoms with E-state index in [4.69, 9.17) is 20.4 Å². The first kappa shape index (κ1) is 25.6. The molecule has 0 aliphatic heterocycles.